The Morgan fingerprint density at radius 2 is 2.20 bits per heavy atom. The smallest absolute Gasteiger partial charge is 0.326 e. The lowest BCUT2D eigenvalue weighted by Crippen LogP contribution is -2.40. The normalized spacial score (nSPS) is 11.4. The van der Waals surface area contributed by atoms with Gasteiger partial charge in [0.05, 0.1) is 15.5 Å². The maximum absolute atomic E-state index is 11.9. The predicted molar refractivity (Wildman–Crippen MR) is 71.8 cm³/mol. The number of halogens is 1. The van der Waals surface area contributed by atoms with E-state index in [2.05, 4.69) is 11.9 Å². The SMILES string of the molecule is C=CCC(NC(=O)c1cc([N+](=O)[O-])ccc1Cl)C(=O)O. The van der Waals surface area contributed by atoms with Gasteiger partial charge in [-0.15, -0.1) is 6.58 Å². The number of hydrogen-bond acceptors (Lipinski definition) is 4. The molecule has 0 saturated carbocycles. The minimum Gasteiger partial charge on any atom is -0.480 e. The second kappa shape index (κ2) is 6.67. The first-order chi connectivity index (χ1) is 9.36. The maximum Gasteiger partial charge on any atom is 0.326 e. The van der Waals surface area contributed by atoms with E-state index in [1.54, 1.807) is 0 Å². The molecule has 0 aliphatic heterocycles. The topological polar surface area (TPSA) is 110 Å². The molecule has 1 rings (SSSR count). The van der Waals surface area contributed by atoms with E-state index in [0.29, 0.717) is 0 Å². The van der Waals surface area contributed by atoms with Crippen LogP contribution < -0.4 is 5.32 Å². The third-order valence-electron chi connectivity index (χ3n) is 2.41. The van der Waals surface area contributed by atoms with Gasteiger partial charge in [0.25, 0.3) is 11.6 Å². The van der Waals surface area contributed by atoms with Crippen molar-refractivity contribution in [2.45, 2.75) is 12.5 Å². The van der Waals surface area contributed by atoms with Crippen LogP contribution in [0.3, 0.4) is 0 Å². The van der Waals surface area contributed by atoms with E-state index >= 15 is 0 Å². The summed E-state index contributed by atoms with van der Waals surface area (Å²) < 4.78 is 0. The molecular weight excluding hydrogens is 288 g/mol. The van der Waals surface area contributed by atoms with E-state index < -0.39 is 22.8 Å². The number of carboxylic acid groups (broad SMARTS) is 1. The van der Waals surface area contributed by atoms with Gasteiger partial charge in [-0.25, -0.2) is 4.79 Å². The monoisotopic (exact) mass is 298 g/mol. The van der Waals surface area contributed by atoms with Gasteiger partial charge >= 0.3 is 5.97 Å². The van der Waals surface area contributed by atoms with Gasteiger partial charge in [-0.2, -0.15) is 0 Å². The lowest BCUT2D eigenvalue weighted by Gasteiger charge is -2.13. The largest absolute Gasteiger partial charge is 0.480 e. The van der Waals surface area contributed by atoms with E-state index in [-0.39, 0.29) is 22.7 Å². The molecule has 1 unspecified atom stereocenters. The lowest BCUT2D eigenvalue weighted by atomic mass is 10.1. The Hall–Kier alpha value is -2.41. The average molecular weight is 299 g/mol. The molecule has 2 N–H and O–H groups in total. The number of nitro benzene ring substituents is 1. The van der Waals surface area contributed by atoms with Crippen LogP contribution >= 0.6 is 11.6 Å². The van der Waals surface area contributed by atoms with Gasteiger partial charge in [0.2, 0.25) is 0 Å². The van der Waals surface area contributed by atoms with Gasteiger partial charge in [0.1, 0.15) is 6.04 Å². The average Bonchev–Trinajstić information content (AvgIpc) is 2.38. The summed E-state index contributed by atoms with van der Waals surface area (Å²) in [6.45, 7) is 3.39. The van der Waals surface area contributed by atoms with Crippen LogP contribution in [0.25, 0.3) is 0 Å². The van der Waals surface area contributed by atoms with Crippen LogP contribution in [0.15, 0.2) is 30.9 Å². The maximum atomic E-state index is 11.9. The molecule has 20 heavy (non-hydrogen) atoms. The van der Waals surface area contributed by atoms with Gasteiger partial charge in [0, 0.05) is 12.1 Å². The number of benzene rings is 1. The third kappa shape index (κ3) is 3.79. The lowest BCUT2D eigenvalue weighted by molar-refractivity contribution is -0.384. The molecule has 1 aromatic carbocycles. The van der Waals surface area contributed by atoms with Crippen LogP contribution in [-0.2, 0) is 4.79 Å². The fourth-order valence-electron chi connectivity index (χ4n) is 1.42. The highest BCUT2D eigenvalue weighted by Gasteiger charge is 2.22. The number of carbonyl (C=O) groups excluding carboxylic acids is 1. The van der Waals surface area contributed by atoms with Crippen LogP contribution in [-0.4, -0.2) is 27.9 Å². The quantitative estimate of drug-likeness (QED) is 0.474. The zero-order valence-electron chi connectivity index (χ0n) is 10.2. The number of nitro groups is 1. The first-order valence-electron chi connectivity index (χ1n) is 5.45. The van der Waals surface area contributed by atoms with Crippen LogP contribution in [0.2, 0.25) is 5.02 Å². The second-order valence-corrected chi connectivity index (χ2v) is 4.22. The minimum atomic E-state index is -1.24. The molecule has 0 radical (unpaired) electrons. The molecule has 1 atom stereocenters. The number of carboxylic acids is 1. The van der Waals surface area contributed by atoms with Crippen molar-refractivity contribution in [1.82, 2.24) is 5.32 Å². The fraction of sp³-hybridized carbons (Fsp3) is 0.167. The van der Waals surface area contributed by atoms with Crippen molar-refractivity contribution in [3.05, 3.63) is 51.6 Å². The molecule has 0 saturated heterocycles. The van der Waals surface area contributed by atoms with E-state index in [0.717, 1.165) is 12.1 Å². The van der Waals surface area contributed by atoms with E-state index in [9.17, 15) is 19.7 Å². The van der Waals surface area contributed by atoms with Crippen molar-refractivity contribution in [3.63, 3.8) is 0 Å². The van der Waals surface area contributed by atoms with E-state index in [1.807, 2.05) is 0 Å². The molecule has 0 aliphatic carbocycles. The van der Waals surface area contributed by atoms with Crippen LogP contribution in [0.5, 0.6) is 0 Å². The minimum absolute atomic E-state index is 0.00385. The molecule has 1 amide bonds. The van der Waals surface area contributed by atoms with Crippen LogP contribution in [0, 0.1) is 10.1 Å². The molecule has 0 heterocycles. The molecule has 106 valence electrons. The molecule has 1 aromatic rings. The van der Waals surface area contributed by atoms with Gasteiger partial charge in [-0.05, 0) is 12.5 Å². The summed E-state index contributed by atoms with van der Waals surface area (Å²) in [5.74, 6) is -2.03. The molecule has 0 bridgehead atoms. The highest BCUT2D eigenvalue weighted by atomic mass is 35.5. The molecule has 0 spiro atoms. The Bertz CT molecular complexity index is 573. The molecule has 8 heteroatoms. The number of nitrogens with zero attached hydrogens (tertiary/aromatic N) is 1. The van der Waals surface area contributed by atoms with Crippen molar-refractivity contribution in [1.29, 1.82) is 0 Å². The van der Waals surface area contributed by atoms with Crippen LogP contribution in [0.1, 0.15) is 16.8 Å². The molecule has 0 aliphatic rings. The Labute approximate surface area is 119 Å². The number of carbonyl (C=O) groups is 2. The van der Waals surface area contributed by atoms with Gasteiger partial charge in [0.15, 0.2) is 0 Å². The first-order valence-corrected chi connectivity index (χ1v) is 5.83. The molecule has 0 fully saturated rings. The van der Waals surface area contributed by atoms with Crippen LogP contribution in [0.4, 0.5) is 5.69 Å². The Morgan fingerprint density at radius 3 is 2.70 bits per heavy atom. The van der Waals surface area contributed by atoms with E-state index in [4.69, 9.17) is 16.7 Å². The number of rotatable bonds is 6. The fourth-order valence-corrected chi connectivity index (χ4v) is 1.63. The van der Waals surface area contributed by atoms with E-state index in [1.165, 1.54) is 12.1 Å². The number of hydrogen-bond donors (Lipinski definition) is 2. The molecule has 7 nitrogen and oxygen atoms in total. The molecular formula is C12H11ClN2O5. The van der Waals surface area contributed by atoms with Crippen molar-refractivity contribution >= 4 is 29.2 Å². The van der Waals surface area contributed by atoms with Crippen molar-refractivity contribution in [2.75, 3.05) is 0 Å². The number of non-ortho nitro benzene ring substituents is 1. The standard InChI is InChI=1S/C12H11ClN2O5/c1-2-3-10(12(17)18)14-11(16)8-6-7(15(19)20)4-5-9(8)13/h2,4-6,10H,1,3H2,(H,14,16)(H,17,18). The summed E-state index contributed by atoms with van der Waals surface area (Å²) in [7, 11) is 0. The summed E-state index contributed by atoms with van der Waals surface area (Å²) in [6.07, 6.45) is 1.36. The van der Waals surface area contributed by atoms with Gasteiger partial charge in [-0.1, -0.05) is 17.7 Å². The summed E-state index contributed by atoms with van der Waals surface area (Å²) in [6, 6.07) is 2.18. The van der Waals surface area contributed by atoms with Gasteiger partial charge in [-0.3, -0.25) is 14.9 Å². The summed E-state index contributed by atoms with van der Waals surface area (Å²) in [5, 5.41) is 21.8. The number of aliphatic carboxylic acids is 1. The highest BCUT2D eigenvalue weighted by molar-refractivity contribution is 6.34. The zero-order valence-corrected chi connectivity index (χ0v) is 11.0. The Balaban J connectivity index is 3.02. The summed E-state index contributed by atoms with van der Waals surface area (Å²) in [5.41, 5.74) is -0.466. The highest BCUT2D eigenvalue weighted by Crippen LogP contribution is 2.22. The second-order valence-electron chi connectivity index (χ2n) is 3.81. The Kier molecular flexibility index (Phi) is 5.22. The van der Waals surface area contributed by atoms with Crippen molar-refractivity contribution < 1.29 is 19.6 Å². The van der Waals surface area contributed by atoms with Gasteiger partial charge < -0.3 is 10.4 Å². The van der Waals surface area contributed by atoms with Crippen molar-refractivity contribution in [2.24, 2.45) is 0 Å². The number of nitrogens with one attached hydrogen (secondary N) is 1. The summed E-state index contributed by atoms with van der Waals surface area (Å²) in [4.78, 5) is 32.8. The summed E-state index contributed by atoms with van der Waals surface area (Å²) >= 11 is 5.78. The first kappa shape index (κ1) is 15.6. The zero-order chi connectivity index (χ0) is 15.3. The Morgan fingerprint density at radius 1 is 1.55 bits per heavy atom. The number of amides is 1. The predicted octanol–water partition coefficient (Wildman–Crippen LogP) is 2.01. The molecule has 0 aromatic heterocycles. The van der Waals surface area contributed by atoms with Crippen molar-refractivity contribution in [3.8, 4) is 0 Å². The third-order valence-corrected chi connectivity index (χ3v) is 2.74.